The molecule has 1 fully saturated rings. The summed E-state index contributed by atoms with van der Waals surface area (Å²) in [5.41, 5.74) is 0.585. The fourth-order valence-corrected chi connectivity index (χ4v) is 2.32. The van der Waals surface area contributed by atoms with Gasteiger partial charge in [-0.25, -0.2) is 0 Å². The Morgan fingerprint density at radius 3 is 2.48 bits per heavy atom. The molecule has 0 spiro atoms. The highest BCUT2D eigenvalue weighted by atomic mass is 19.4. The summed E-state index contributed by atoms with van der Waals surface area (Å²) in [5.74, 6) is -2.86. The first kappa shape index (κ1) is 15.3. The van der Waals surface area contributed by atoms with Crippen molar-refractivity contribution in [2.75, 3.05) is 18.4 Å². The number of carbonyl (C=O) groups excluding carboxylic acids is 2. The van der Waals surface area contributed by atoms with Gasteiger partial charge in [0.2, 0.25) is 5.91 Å². The number of halogens is 3. The molecule has 0 aromatic heterocycles. The molecule has 114 valence electrons. The Balaban J connectivity index is 1.98. The summed E-state index contributed by atoms with van der Waals surface area (Å²) in [4.78, 5) is 24.0. The molecule has 1 aromatic carbocycles. The third-order valence-electron chi connectivity index (χ3n) is 3.36. The van der Waals surface area contributed by atoms with Gasteiger partial charge in [-0.3, -0.25) is 9.59 Å². The zero-order valence-electron chi connectivity index (χ0n) is 11.2. The summed E-state index contributed by atoms with van der Waals surface area (Å²) in [7, 11) is 0. The second kappa shape index (κ2) is 6.15. The van der Waals surface area contributed by atoms with Crippen LogP contribution < -0.4 is 5.32 Å². The largest absolute Gasteiger partial charge is 0.471 e. The molecule has 1 heterocycles. The van der Waals surface area contributed by atoms with Gasteiger partial charge in [0.1, 0.15) is 0 Å². The van der Waals surface area contributed by atoms with Crippen LogP contribution in [0.1, 0.15) is 12.8 Å². The van der Waals surface area contributed by atoms with Crippen LogP contribution in [0.25, 0.3) is 0 Å². The Morgan fingerprint density at radius 2 is 1.86 bits per heavy atom. The fraction of sp³-hybridized carbons (Fsp3) is 0.429. The quantitative estimate of drug-likeness (QED) is 0.912. The van der Waals surface area contributed by atoms with E-state index < -0.39 is 18.0 Å². The molecule has 0 aliphatic carbocycles. The number of hydrogen-bond donors (Lipinski definition) is 1. The first-order valence-electron chi connectivity index (χ1n) is 6.60. The van der Waals surface area contributed by atoms with Crippen molar-refractivity contribution in [3.8, 4) is 0 Å². The average molecular weight is 300 g/mol. The van der Waals surface area contributed by atoms with Crippen LogP contribution in [0.5, 0.6) is 0 Å². The van der Waals surface area contributed by atoms with Crippen molar-refractivity contribution in [2.24, 2.45) is 5.92 Å². The predicted octanol–water partition coefficient (Wildman–Crippen LogP) is 2.43. The number of alkyl halides is 3. The van der Waals surface area contributed by atoms with Gasteiger partial charge in [0.05, 0.1) is 5.92 Å². The van der Waals surface area contributed by atoms with Crippen molar-refractivity contribution < 1.29 is 22.8 Å². The third-order valence-corrected chi connectivity index (χ3v) is 3.36. The normalized spacial score (nSPS) is 19.2. The second-order valence-electron chi connectivity index (χ2n) is 4.94. The Labute approximate surface area is 119 Å². The molecule has 2 rings (SSSR count). The Bertz CT molecular complexity index is 517. The average Bonchev–Trinajstić information content (AvgIpc) is 2.46. The van der Waals surface area contributed by atoms with Crippen molar-refractivity contribution in [3.05, 3.63) is 30.3 Å². The van der Waals surface area contributed by atoms with E-state index in [-0.39, 0.29) is 19.0 Å². The smallest absolute Gasteiger partial charge is 0.334 e. The molecule has 1 N–H and O–H groups in total. The van der Waals surface area contributed by atoms with Gasteiger partial charge in [-0.05, 0) is 25.0 Å². The van der Waals surface area contributed by atoms with E-state index in [1.165, 1.54) is 0 Å². The van der Waals surface area contributed by atoms with E-state index in [1.807, 2.05) is 0 Å². The molecule has 0 saturated carbocycles. The minimum atomic E-state index is -4.89. The molecule has 21 heavy (non-hydrogen) atoms. The number of anilines is 1. The third kappa shape index (κ3) is 3.96. The van der Waals surface area contributed by atoms with Gasteiger partial charge >= 0.3 is 12.1 Å². The van der Waals surface area contributed by atoms with E-state index in [0.717, 1.165) is 0 Å². The van der Waals surface area contributed by atoms with Crippen molar-refractivity contribution in [1.82, 2.24) is 4.90 Å². The number of hydrogen-bond acceptors (Lipinski definition) is 2. The highest BCUT2D eigenvalue weighted by Gasteiger charge is 2.44. The summed E-state index contributed by atoms with van der Waals surface area (Å²) in [6, 6.07) is 8.67. The maximum absolute atomic E-state index is 12.4. The molecule has 1 aliphatic heterocycles. The molecular weight excluding hydrogens is 285 g/mol. The summed E-state index contributed by atoms with van der Waals surface area (Å²) < 4.78 is 37.3. The number of likely N-dealkylation sites (tertiary alicyclic amines) is 1. The first-order valence-corrected chi connectivity index (χ1v) is 6.60. The number of para-hydroxylation sites is 1. The minimum absolute atomic E-state index is 0.0352. The molecule has 7 heteroatoms. The van der Waals surface area contributed by atoms with Gasteiger partial charge in [0, 0.05) is 18.8 Å². The van der Waals surface area contributed by atoms with Crippen molar-refractivity contribution in [3.63, 3.8) is 0 Å². The van der Waals surface area contributed by atoms with E-state index in [2.05, 4.69) is 5.32 Å². The Hall–Kier alpha value is -2.05. The number of nitrogens with zero attached hydrogens (tertiary/aromatic N) is 1. The highest BCUT2D eigenvalue weighted by Crippen LogP contribution is 2.24. The molecule has 0 radical (unpaired) electrons. The fourth-order valence-electron chi connectivity index (χ4n) is 2.32. The molecule has 2 amide bonds. The second-order valence-corrected chi connectivity index (χ2v) is 4.94. The number of rotatable bonds is 2. The molecule has 1 aliphatic rings. The van der Waals surface area contributed by atoms with Crippen LogP contribution in [0.2, 0.25) is 0 Å². The molecule has 1 unspecified atom stereocenters. The molecule has 1 saturated heterocycles. The van der Waals surface area contributed by atoms with E-state index in [0.29, 0.717) is 23.4 Å². The monoisotopic (exact) mass is 300 g/mol. The summed E-state index contributed by atoms with van der Waals surface area (Å²) in [6.45, 7) is -0.162. The van der Waals surface area contributed by atoms with Gasteiger partial charge in [-0.15, -0.1) is 0 Å². The zero-order chi connectivity index (χ0) is 15.5. The SMILES string of the molecule is O=C(Nc1ccccc1)C1CCCN(C(=O)C(F)(F)F)C1. The van der Waals surface area contributed by atoms with Crippen LogP contribution in [0.3, 0.4) is 0 Å². The van der Waals surface area contributed by atoms with Crippen LogP contribution in [-0.4, -0.2) is 36.0 Å². The first-order chi connectivity index (χ1) is 9.88. The highest BCUT2D eigenvalue weighted by molar-refractivity contribution is 5.93. The number of benzene rings is 1. The zero-order valence-corrected chi connectivity index (χ0v) is 11.2. The van der Waals surface area contributed by atoms with E-state index in [4.69, 9.17) is 0 Å². The standard InChI is InChI=1S/C14H15F3N2O2/c15-14(16,17)13(21)19-8-4-5-10(9-19)12(20)18-11-6-2-1-3-7-11/h1-3,6-7,10H,4-5,8-9H2,(H,18,20). The van der Waals surface area contributed by atoms with E-state index in [9.17, 15) is 22.8 Å². The lowest BCUT2D eigenvalue weighted by molar-refractivity contribution is -0.187. The van der Waals surface area contributed by atoms with Crippen LogP contribution in [0.4, 0.5) is 18.9 Å². The van der Waals surface area contributed by atoms with E-state index in [1.54, 1.807) is 30.3 Å². The van der Waals surface area contributed by atoms with Gasteiger partial charge in [-0.2, -0.15) is 13.2 Å². The molecule has 4 nitrogen and oxygen atoms in total. The summed E-state index contributed by atoms with van der Waals surface area (Å²) in [6.07, 6.45) is -4.03. The molecule has 1 atom stereocenters. The molecular formula is C14H15F3N2O2. The van der Waals surface area contributed by atoms with Crippen molar-refractivity contribution in [1.29, 1.82) is 0 Å². The number of carbonyl (C=O) groups is 2. The summed E-state index contributed by atoms with van der Waals surface area (Å²) >= 11 is 0. The number of nitrogens with one attached hydrogen (secondary N) is 1. The maximum Gasteiger partial charge on any atom is 0.471 e. The lowest BCUT2D eigenvalue weighted by atomic mass is 9.97. The van der Waals surface area contributed by atoms with Gasteiger partial charge in [0.15, 0.2) is 0 Å². The van der Waals surface area contributed by atoms with Crippen LogP contribution in [0.15, 0.2) is 30.3 Å². The van der Waals surface area contributed by atoms with Crippen LogP contribution in [-0.2, 0) is 9.59 Å². The van der Waals surface area contributed by atoms with E-state index >= 15 is 0 Å². The lowest BCUT2D eigenvalue weighted by Crippen LogP contribution is -2.48. The van der Waals surface area contributed by atoms with Gasteiger partial charge < -0.3 is 10.2 Å². The van der Waals surface area contributed by atoms with Crippen LogP contribution >= 0.6 is 0 Å². The number of piperidine rings is 1. The van der Waals surface area contributed by atoms with Gasteiger partial charge in [-0.1, -0.05) is 18.2 Å². The minimum Gasteiger partial charge on any atom is -0.334 e. The molecule has 0 bridgehead atoms. The topological polar surface area (TPSA) is 49.4 Å². The van der Waals surface area contributed by atoms with Crippen molar-refractivity contribution in [2.45, 2.75) is 19.0 Å². The van der Waals surface area contributed by atoms with Crippen molar-refractivity contribution >= 4 is 17.5 Å². The maximum atomic E-state index is 12.4. The Kier molecular flexibility index (Phi) is 4.50. The molecule has 1 aromatic rings. The number of amides is 2. The Morgan fingerprint density at radius 1 is 1.19 bits per heavy atom. The lowest BCUT2D eigenvalue weighted by Gasteiger charge is -2.32. The van der Waals surface area contributed by atoms with Gasteiger partial charge in [0.25, 0.3) is 0 Å². The predicted molar refractivity (Wildman–Crippen MR) is 70.4 cm³/mol. The summed E-state index contributed by atoms with van der Waals surface area (Å²) in [5, 5.41) is 2.65. The van der Waals surface area contributed by atoms with Crippen LogP contribution in [0, 0.1) is 5.92 Å².